The molecule has 1 aliphatic carbocycles. The van der Waals surface area contributed by atoms with Gasteiger partial charge in [-0.05, 0) is 47.9 Å². The largest absolute Gasteiger partial charge is 0.418 e. The molecule has 5 amide bonds. The van der Waals surface area contributed by atoms with Crippen molar-refractivity contribution in [3.05, 3.63) is 76.6 Å². The quantitative estimate of drug-likeness (QED) is 0.0724. The van der Waals surface area contributed by atoms with Gasteiger partial charge in [-0.15, -0.1) is 5.10 Å². The summed E-state index contributed by atoms with van der Waals surface area (Å²) in [7, 11) is 1.23. The standard InChI is InChI=1S/C37H44F4N8O6/c1-6-19(3)28(43-27(50)17-21-11-8-9-14-25(21)38)31(51)46-36(16-15-26-23(18-36)22-12-10-13-24(30(22)42-26)37(39,40)41)33(52)44-29(20(4)7-2)32-47-48-35(55-32)45-34(53)49-54-5/h8-14,19-20,28-29,42H,6-7,15-18H2,1-5H3,(H,43,50)(H,44,52)(H,46,51)(H2,45,48,49,53)/t19?,20?,28-,29-,36+/m0/s1. The van der Waals surface area contributed by atoms with E-state index in [0.29, 0.717) is 24.1 Å². The van der Waals surface area contributed by atoms with Crippen molar-refractivity contribution in [3.8, 4) is 0 Å². The molecule has 18 heteroatoms. The zero-order valence-electron chi connectivity index (χ0n) is 30.9. The van der Waals surface area contributed by atoms with Crippen LogP contribution < -0.4 is 26.7 Å². The van der Waals surface area contributed by atoms with E-state index in [2.05, 4.69) is 41.3 Å². The summed E-state index contributed by atoms with van der Waals surface area (Å²) in [5, 5.41) is 19.0. The first-order chi connectivity index (χ1) is 26.1. The van der Waals surface area contributed by atoms with Crippen molar-refractivity contribution in [2.45, 2.75) is 90.0 Å². The fraction of sp³-hybridized carbons (Fsp3) is 0.459. The van der Waals surface area contributed by atoms with Crippen LogP contribution in [0.1, 0.15) is 81.3 Å². The maximum Gasteiger partial charge on any atom is 0.418 e. The molecule has 14 nitrogen and oxygen atoms in total. The molecule has 6 N–H and O–H groups in total. The number of nitrogens with zero attached hydrogens (tertiary/aromatic N) is 2. The third-order valence-electron chi connectivity index (χ3n) is 10.2. The van der Waals surface area contributed by atoms with Gasteiger partial charge in [0.1, 0.15) is 23.4 Å². The lowest BCUT2D eigenvalue weighted by Gasteiger charge is -2.39. The number of fused-ring (bicyclic) bond motifs is 3. The lowest BCUT2D eigenvalue weighted by atomic mass is 9.78. The summed E-state index contributed by atoms with van der Waals surface area (Å²) < 4.78 is 62.3. The number of aromatic nitrogens is 3. The number of H-pyrrole nitrogens is 1. The van der Waals surface area contributed by atoms with E-state index in [1.165, 1.54) is 37.4 Å². The van der Waals surface area contributed by atoms with Crippen LogP contribution in [-0.4, -0.2) is 57.6 Å². The molecule has 2 heterocycles. The number of carbonyl (C=O) groups is 4. The Labute approximate surface area is 313 Å². The molecule has 0 bridgehead atoms. The van der Waals surface area contributed by atoms with Gasteiger partial charge < -0.3 is 25.4 Å². The van der Waals surface area contributed by atoms with E-state index < -0.39 is 64.9 Å². The maximum atomic E-state index is 14.8. The number of para-hydroxylation sites is 1. The SMILES string of the molecule is CCC(C)[C@H](NC(=O)Cc1ccccc1F)C(=O)N[C@]1(C(=O)N[C@H](c2nnc(NC(=O)NOC)o2)C(C)CC)CCc2[nH]c3c(C(F)(F)F)cccc3c2C1. The van der Waals surface area contributed by atoms with Crippen molar-refractivity contribution in [1.29, 1.82) is 0 Å². The summed E-state index contributed by atoms with van der Waals surface area (Å²) in [5.74, 6) is -3.44. The van der Waals surface area contributed by atoms with Gasteiger partial charge in [-0.1, -0.05) is 76.0 Å². The summed E-state index contributed by atoms with van der Waals surface area (Å²) in [4.78, 5) is 61.8. The van der Waals surface area contributed by atoms with Gasteiger partial charge in [0.2, 0.25) is 23.6 Å². The molecule has 1 aliphatic rings. The molecule has 0 radical (unpaired) electrons. The highest BCUT2D eigenvalue weighted by atomic mass is 19.4. The van der Waals surface area contributed by atoms with Crippen LogP contribution in [0.4, 0.5) is 28.4 Å². The molecular weight excluding hydrogens is 728 g/mol. The predicted octanol–water partition coefficient (Wildman–Crippen LogP) is 5.41. The predicted molar refractivity (Wildman–Crippen MR) is 191 cm³/mol. The fourth-order valence-corrected chi connectivity index (χ4v) is 6.71. The number of alkyl halides is 3. The number of carbonyl (C=O) groups excluding carboxylic acids is 4. The number of hydrogen-bond acceptors (Lipinski definition) is 8. The summed E-state index contributed by atoms with van der Waals surface area (Å²) in [6.07, 6.45) is -4.22. The third-order valence-corrected chi connectivity index (χ3v) is 10.2. The highest BCUT2D eigenvalue weighted by molar-refractivity contribution is 5.97. The number of rotatable bonds is 14. The third kappa shape index (κ3) is 9.07. The molecule has 4 aromatic rings. The Hall–Kier alpha value is -5.52. The Morgan fingerprint density at radius 2 is 1.73 bits per heavy atom. The number of benzene rings is 2. The number of aromatic amines is 1. The normalized spacial score (nSPS) is 17.7. The zero-order valence-corrected chi connectivity index (χ0v) is 30.9. The van der Waals surface area contributed by atoms with Gasteiger partial charge in [-0.3, -0.25) is 24.5 Å². The number of hydrogen-bond donors (Lipinski definition) is 6. The average molecular weight is 773 g/mol. The van der Waals surface area contributed by atoms with Crippen LogP contribution in [0, 0.1) is 17.7 Å². The molecule has 2 aromatic heterocycles. The highest BCUT2D eigenvalue weighted by Crippen LogP contribution is 2.40. The number of urea groups is 1. The number of aryl methyl sites for hydroxylation is 1. The topological polar surface area (TPSA) is 192 Å². The Kier molecular flexibility index (Phi) is 12.5. The van der Waals surface area contributed by atoms with Gasteiger partial charge in [0.15, 0.2) is 0 Å². The van der Waals surface area contributed by atoms with Crippen LogP contribution in [-0.2, 0) is 44.7 Å². The second-order valence-corrected chi connectivity index (χ2v) is 13.8. The summed E-state index contributed by atoms with van der Waals surface area (Å²) in [6, 6.07) is 6.34. The number of hydroxylamine groups is 1. The molecule has 0 saturated heterocycles. The van der Waals surface area contributed by atoms with E-state index in [1.807, 2.05) is 26.3 Å². The fourth-order valence-electron chi connectivity index (χ4n) is 6.71. The van der Waals surface area contributed by atoms with Crippen molar-refractivity contribution in [3.63, 3.8) is 0 Å². The molecule has 5 rings (SSSR count). The second-order valence-electron chi connectivity index (χ2n) is 13.8. The number of halogens is 4. The van der Waals surface area contributed by atoms with Crippen molar-refractivity contribution in [2.24, 2.45) is 11.8 Å². The van der Waals surface area contributed by atoms with Crippen LogP contribution in [0.25, 0.3) is 10.9 Å². The van der Waals surface area contributed by atoms with Crippen molar-refractivity contribution in [2.75, 3.05) is 12.4 Å². The molecule has 5 atom stereocenters. The van der Waals surface area contributed by atoms with Gasteiger partial charge in [-0.2, -0.15) is 13.2 Å². The molecule has 2 unspecified atom stereocenters. The first-order valence-electron chi connectivity index (χ1n) is 17.9. The molecule has 0 spiro atoms. The molecule has 2 aromatic carbocycles. The average Bonchev–Trinajstić information content (AvgIpc) is 3.76. The van der Waals surface area contributed by atoms with E-state index in [-0.39, 0.29) is 60.0 Å². The Morgan fingerprint density at radius 3 is 2.40 bits per heavy atom. The monoisotopic (exact) mass is 772 g/mol. The molecule has 0 fully saturated rings. The summed E-state index contributed by atoms with van der Waals surface area (Å²) in [5.41, 5.74) is 0.324. The summed E-state index contributed by atoms with van der Waals surface area (Å²) in [6.45, 7) is 7.23. The van der Waals surface area contributed by atoms with Crippen LogP contribution in [0.15, 0.2) is 46.9 Å². The molecule has 55 heavy (non-hydrogen) atoms. The highest BCUT2D eigenvalue weighted by Gasteiger charge is 2.47. The first kappa shape index (κ1) is 40.7. The molecule has 0 saturated carbocycles. The van der Waals surface area contributed by atoms with E-state index >= 15 is 0 Å². The van der Waals surface area contributed by atoms with Crippen LogP contribution in [0.3, 0.4) is 0 Å². The van der Waals surface area contributed by atoms with Gasteiger partial charge in [0.25, 0.3) is 0 Å². The minimum absolute atomic E-state index is 0.0385. The second kappa shape index (κ2) is 16.9. The smallest absolute Gasteiger partial charge is 0.405 e. The van der Waals surface area contributed by atoms with Gasteiger partial charge in [0, 0.05) is 17.5 Å². The van der Waals surface area contributed by atoms with Gasteiger partial charge in [0.05, 0.1) is 24.6 Å². The number of nitrogens with one attached hydrogen (secondary N) is 6. The Balaban J connectivity index is 1.52. The zero-order chi connectivity index (χ0) is 40.1. The van der Waals surface area contributed by atoms with Crippen molar-refractivity contribution < 1.29 is 46.0 Å². The van der Waals surface area contributed by atoms with Crippen LogP contribution >= 0.6 is 0 Å². The first-order valence-corrected chi connectivity index (χ1v) is 17.9. The molecular formula is C37H44F4N8O6. The molecule has 296 valence electrons. The lowest BCUT2D eigenvalue weighted by molar-refractivity contribution is -0.137. The van der Waals surface area contributed by atoms with E-state index in [0.717, 1.165) is 6.07 Å². The minimum atomic E-state index is -4.66. The van der Waals surface area contributed by atoms with Gasteiger partial charge >= 0.3 is 18.2 Å². The maximum absolute atomic E-state index is 14.8. The van der Waals surface area contributed by atoms with E-state index in [9.17, 15) is 36.7 Å². The minimum Gasteiger partial charge on any atom is -0.405 e. The van der Waals surface area contributed by atoms with Crippen LogP contribution in [0.5, 0.6) is 0 Å². The van der Waals surface area contributed by atoms with Crippen molar-refractivity contribution >= 4 is 40.7 Å². The van der Waals surface area contributed by atoms with Crippen LogP contribution in [0.2, 0.25) is 0 Å². The van der Waals surface area contributed by atoms with E-state index in [1.54, 1.807) is 13.0 Å². The van der Waals surface area contributed by atoms with E-state index in [4.69, 9.17) is 4.42 Å². The van der Waals surface area contributed by atoms with Crippen molar-refractivity contribution in [1.82, 2.24) is 36.6 Å². The van der Waals surface area contributed by atoms with Gasteiger partial charge in [-0.25, -0.2) is 14.7 Å². The number of anilines is 1. The Morgan fingerprint density at radius 1 is 1.00 bits per heavy atom. The Bertz CT molecular complexity index is 2030. The number of amides is 5. The molecule has 0 aliphatic heterocycles. The summed E-state index contributed by atoms with van der Waals surface area (Å²) >= 11 is 0. The lowest BCUT2D eigenvalue weighted by Crippen LogP contribution is -2.65.